The Morgan fingerprint density at radius 3 is 1.88 bits per heavy atom. The van der Waals surface area contributed by atoms with Gasteiger partial charge in [0.25, 0.3) is 0 Å². The molecule has 0 N–H and O–H groups in total. The van der Waals surface area contributed by atoms with Crippen LogP contribution in [0.15, 0.2) is 53.6 Å². The molecule has 0 bridgehead atoms. The molecule has 0 radical (unpaired) electrons. The summed E-state index contributed by atoms with van der Waals surface area (Å²) >= 11 is 0. The first-order chi connectivity index (χ1) is 23.7. The Bertz CT molecular complexity index is 1430. The Hall–Kier alpha value is -1.03. The van der Waals surface area contributed by atoms with Gasteiger partial charge in [0, 0.05) is 0 Å². The molecular formula is C46H80O3Si3. The SMILES string of the molecule is C[C@H](/C=C/c1ccccc1C(C)(C)O[Si](C)(C)C)[C@H]1CC[C@H]2/C(=C/C=C3C[C@@H](O[Si](C)(C)C(C)(C)C)C[C@H](O[Si](C)(C)C(C)(C)C)C3)CCC[C@]12C. The lowest BCUT2D eigenvalue weighted by atomic mass is 9.61. The van der Waals surface area contributed by atoms with Crippen molar-refractivity contribution in [2.75, 3.05) is 0 Å². The highest BCUT2D eigenvalue weighted by Gasteiger charge is 2.50. The molecule has 3 aliphatic rings. The summed E-state index contributed by atoms with van der Waals surface area (Å²) in [5, 5.41) is 0.401. The van der Waals surface area contributed by atoms with Gasteiger partial charge in [0.2, 0.25) is 0 Å². The summed E-state index contributed by atoms with van der Waals surface area (Å²) in [6, 6.07) is 8.88. The lowest BCUT2D eigenvalue weighted by molar-refractivity contribution is 0.0725. The molecule has 0 heterocycles. The van der Waals surface area contributed by atoms with Gasteiger partial charge in [-0.3, -0.25) is 0 Å². The third kappa shape index (κ3) is 10.4. The molecule has 0 spiro atoms. The number of fused-ring (bicyclic) bond motifs is 1. The van der Waals surface area contributed by atoms with Crippen molar-refractivity contribution in [1.29, 1.82) is 0 Å². The number of benzene rings is 1. The molecule has 294 valence electrons. The van der Waals surface area contributed by atoms with Crippen LogP contribution in [0.2, 0.25) is 55.9 Å². The van der Waals surface area contributed by atoms with Crippen LogP contribution in [0, 0.1) is 23.2 Å². The van der Waals surface area contributed by atoms with Crippen molar-refractivity contribution in [2.45, 2.75) is 194 Å². The maximum absolute atomic E-state index is 7.12. The molecule has 0 unspecified atom stereocenters. The summed E-state index contributed by atoms with van der Waals surface area (Å²) in [6.07, 6.45) is 20.1. The first kappa shape index (κ1) is 43.7. The topological polar surface area (TPSA) is 27.7 Å². The summed E-state index contributed by atoms with van der Waals surface area (Å²) in [5.41, 5.74) is 5.87. The first-order valence-electron chi connectivity index (χ1n) is 20.9. The molecule has 3 saturated carbocycles. The van der Waals surface area contributed by atoms with Crippen LogP contribution in [-0.4, -0.2) is 37.2 Å². The second kappa shape index (κ2) is 15.8. The van der Waals surface area contributed by atoms with Crippen LogP contribution in [0.3, 0.4) is 0 Å². The second-order valence-electron chi connectivity index (χ2n) is 21.8. The molecule has 0 amide bonds. The zero-order valence-corrected chi connectivity index (χ0v) is 39.9. The minimum atomic E-state index is -1.90. The highest BCUT2D eigenvalue weighted by Crippen LogP contribution is 2.59. The standard InChI is InChI=1S/C46H80O3Si3/c1-34(24-26-36-21-18-19-23-41(36)45(8,9)49-50(11,12)13)40-28-29-42-37(22-20-30-46(40,42)10)27-25-35-31-38(47-51(14,15)43(2,3)4)33-39(32-35)48-52(16,17)44(5,6)7/h18-19,21,23-27,34,38-40,42H,20,22,28-33H2,1-17H3/b26-24+,37-27+/t34-,38-,39-,40-,42+,46-/m1/s1. The summed E-state index contributed by atoms with van der Waals surface area (Å²) in [4.78, 5) is 0. The van der Waals surface area contributed by atoms with E-state index in [4.69, 9.17) is 13.3 Å². The van der Waals surface area contributed by atoms with Gasteiger partial charge in [0.15, 0.2) is 25.0 Å². The van der Waals surface area contributed by atoms with Crippen LogP contribution >= 0.6 is 0 Å². The average Bonchev–Trinajstić information content (AvgIpc) is 3.33. The van der Waals surface area contributed by atoms with Crippen LogP contribution in [-0.2, 0) is 18.9 Å². The van der Waals surface area contributed by atoms with E-state index in [1.54, 1.807) is 5.57 Å². The Labute approximate surface area is 325 Å². The zero-order valence-electron chi connectivity index (χ0n) is 36.9. The van der Waals surface area contributed by atoms with Crippen molar-refractivity contribution >= 4 is 31.0 Å². The molecule has 0 aromatic heterocycles. The molecule has 6 heteroatoms. The molecule has 3 fully saturated rings. The van der Waals surface area contributed by atoms with Crippen LogP contribution in [0.5, 0.6) is 0 Å². The van der Waals surface area contributed by atoms with E-state index in [0.29, 0.717) is 23.2 Å². The molecule has 3 aliphatic carbocycles. The van der Waals surface area contributed by atoms with Crippen molar-refractivity contribution < 1.29 is 13.3 Å². The molecule has 0 saturated heterocycles. The highest BCUT2D eigenvalue weighted by atomic mass is 28.4. The third-order valence-corrected chi connectivity index (χ3v) is 24.2. The molecule has 52 heavy (non-hydrogen) atoms. The average molecular weight is 765 g/mol. The van der Waals surface area contributed by atoms with Gasteiger partial charge in [-0.2, -0.15) is 0 Å². The van der Waals surface area contributed by atoms with Gasteiger partial charge < -0.3 is 13.3 Å². The first-order valence-corrected chi connectivity index (χ1v) is 30.1. The fourth-order valence-corrected chi connectivity index (χ4v) is 13.8. The van der Waals surface area contributed by atoms with Crippen LogP contribution in [0.1, 0.15) is 132 Å². The monoisotopic (exact) mass is 765 g/mol. The Morgan fingerprint density at radius 1 is 0.788 bits per heavy atom. The molecular weight excluding hydrogens is 685 g/mol. The van der Waals surface area contributed by atoms with E-state index in [2.05, 4.69) is 164 Å². The van der Waals surface area contributed by atoms with Crippen molar-refractivity contribution in [2.24, 2.45) is 23.2 Å². The molecule has 6 atom stereocenters. The van der Waals surface area contributed by atoms with Crippen molar-refractivity contribution in [1.82, 2.24) is 0 Å². The fourth-order valence-electron chi connectivity index (χ4n) is 9.40. The Balaban J connectivity index is 1.55. The summed E-state index contributed by atoms with van der Waals surface area (Å²) in [7, 11) is -5.49. The predicted octanol–water partition coefficient (Wildman–Crippen LogP) is 14.5. The number of allylic oxidation sites excluding steroid dienone is 4. The summed E-state index contributed by atoms with van der Waals surface area (Å²) in [5.74, 6) is 1.90. The van der Waals surface area contributed by atoms with Gasteiger partial charge in [-0.1, -0.05) is 115 Å². The molecule has 3 nitrogen and oxygen atoms in total. The van der Waals surface area contributed by atoms with E-state index >= 15 is 0 Å². The van der Waals surface area contributed by atoms with Gasteiger partial charge >= 0.3 is 0 Å². The van der Waals surface area contributed by atoms with Crippen LogP contribution in [0.25, 0.3) is 6.08 Å². The summed E-state index contributed by atoms with van der Waals surface area (Å²) < 4.78 is 20.9. The maximum atomic E-state index is 7.12. The van der Waals surface area contributed by atoms with E-state index in [1.807, 2.05) is 0 Å². The van der Waals surface area contributed by atoms with E-state index in [0.717, 1.165) is 19.3 Å². The molecule has 1 aromatic carbocycles. The smallest absolute Gasteiger partial charge is 0.192 e. The van der Waals surface area contributed by atoms with Crippen molar-refractivity contribution in [3.63, 3.8) is 0 Å². The second-order valence-corrected chi connectivity index (χ2v) is 35.8. The maximum Gasteiger partial charge on any atom is 0.192 e. The lowest BCUT2D eigenvalue weighted by Gasteiger charge is -2.45. The number of hydrogen-bond acceptors (Lipinski definition) is 3. The van der Waals surface area contributed by atoms with E-state index in [9.17, 15) is 0 Å². The quantitative estimate of drug-likeness (QED) is 0.210. The van der Waals surface area contributed by atoms with E-state index in [1.165, 1.54) is 48.8 Å². The van der Waals surface area contributed by atoms with Gasteiger partial charge in [-0.25, -0.2) is 0 Å². The number of rotatable bonds is 11. The minimum absolute atomic E-state index is 0.200. The van der Waals surface area contributed by atoms with Gasteiger partial charge in [-0.05, 0) is 155 Å². The summed E-state index contributed by atoms with van der Waals surface area (Å²) in [6.45, 7) is 40.3. The Kier molecular flexibility index (Phi) is 13.3. The Morgan fingerprint density at radius 2 is 1.35 bits per heavy atom. The van der Waals surface area contributed by atoms with Gasteiger partial charge in [0.05, 0.1) is 17.8 Å². The van der Waals surface area contributed by atoms with Crippen molar-refractivity contribution in [3.8, 4) is 0 Å². The molecule has 0 aliphatic heterocycles. The molecule has 1 aromatic rings. The fraction of sp³-hybridized carbons (Fsp3) is 0.739. The predicted molar refractivity (Wildman–Crippen MR) is 234 cm³/mol. The highest BCUT2D eigenvalue weighted by molar-refractivity contribution is 6.74. The zero-order chi connectivity index (χ0) is 39.1. The van der Waals surface area contributed by atoms with Crippen molar-refractivity contribution in [3.05, 3.63) is 64.8 Å². The normalized spacial score (nSPS) is 28.4. The largest absolute Gasteiger partial charge is 0.414 e. The molecule has 4 rings (SSSR count). The van der Waals surface area contributed by atoms with Gasteiger partial charge in [0.1, 0.15) is 0 Å². The van der Waals surface area contributed by atoms with Crippen LogP contribution in [0.4, 0.5) is 0 Å². The minimum Gasteiger partial charge on any atom is -0.414 e. The van der Waals surface area contributed by atoms with E-state index < -0.39 is 25.0 Å². The number of hydrogen-bond donors (Lipinski definition) is 0. The van der Waals surface area contributed by atoms with E-state index in [-0.39, 0.29) is 27.9 Å². The third-order valence-electron chi connectivity index (χ3n) is 14.0. The van der Waals surface area contributed by atoms with Gasteiger partial charge in [-0.15, -0.1) is 0 Å². The van der Waals surface area contributed by atoms with Crippen LogP contribution < -0.4 is 0 Å². The lowest BCUT2D eigenvalue weighted by Crippen LogP contribution is -2.48.